The highest BCUT2D eigenvalue weighted by Gasteiger charge is 2.40. The summed E-state index contributed by atoms with van der Waals surface area (Å²) in [6, 6.07) is 12.9. The van der Waals surface area contributed by atoms with E-state index in [0.717, 1.165) is 28.1 Å². The first-order chi connectivity index (χ1) is 12.4. The molecule has 2 aromatic carbocycles. The minimum absolute atomic E-state index is 0.141. The second kappa shape index (κ2) is 7.60. The van der Waals surface area contributed by atoms with E-state index in [0.29, 0.717) is 15.6 Å². The average Bonchev–Trinajstić information content (AvgIpc) is 2.86. The molecule has 1 heterocycles. The van der Waals surface area contributed by atoms with E-state index in [9.17, 15) is 14.7 Å². The van der Waals surface area contributed by atoms with Gasteiger partial charge in [-0.05, 0) is 34.8 Å². The molecule has 1 atom stereocenters. The third-order valence-electron chi connectivity index (χ3n) is 4.22. The number of nitrogens with zero attached hydrogens (tertiary/aromatic N) is 1. The molecule has 3 rings (SSSR count). The Bertz CT molecular complexity index is 915. The average molecular weight is 386 g/mol. The van der Waals surface area contributed by atoms with Crippen molar-refractivity contribution in [1.82, 2.24) is 4.90 Å². The van der Waals surface area contributed by atoms with E-state index in [-0.39, 0.29) is 11.8 Å². The first kappa shape index (κ1) is 18.6. The predicted molar refractivity (Wildman–Crippen MR) is 110 cm³/mol. The van der Waals surface area contributed by atoms with Gasteiger partial charge in [-0.25, -0.2) is 4.79 Å². The lowest BCUT2D eigenvalue weighted by Gasteiger charge is -2.24. The molecule has 1 fully saturated rings. The lowest BCUT2D eigenvalue weighted by atomic mass is 10.0. The standard InChI is InChI=1S/C20H19NO3S2/c1-12(2)10-16(19(23)24)21-18(22)17(26-20(21)25)11-14-8-5-7-13-6-3-4-9-15(13)14/h3-9,11-12,16H,10H2,1-2H3,(H,23,24)/b17-11-. The maximum Gasteiger partial charge on any atom is 0.326 e. The zero-order valence-corrected chi connectivity index (χ0v) is 16.1. The van der Waals surface area contributed by atoms with E-state index >= 15 is 0 Å². The van der Waals surface area contributed by atoms with E-state index < -0.39 is 12.0 Å². The molecule has 1 unspecified atom stereocenters. The molecule has 1 N–H and O–H groups in total. The predicted octanol–water partition coefficient (Wildman–Crippen LogP) is 4.54. The molecule has 0 saturated carbocycles. The highest BCUT2D eigenvalue weighted by Crippen LogP contribution is 2.36. The fraction of sp³-hybridized carbons (Fsp3) is 0.250. The van der Waals surface area contributed by atoms with Crippen LogP contribution in [0.1, 0.15) is 25.8 Å². The number of carboxylic acids is 1. The topological polar surface area (TPSA) is 57.6 Å². The third-order valence-corrected chi connectivity index (χ3v) is 5.56. The maximum absolute atomic E-state index is 12.9. The molecule has 0 bridgehead atoms. The Morgan fingerprint density at radius 2 is 1.92 bits per heavy atom. The Kier molecular flexibility index (Phi) is 5.44. The van der Waals surface area contributed by atoms with Gasteiger partial charge in [0.25, 0.3) is 5.91 Å². The lowest BCUT2D eigenvalue weighted by molar-refractivity contribution is -0.145. The summed E-state index contributed by atoms with van der Waals surface area (Å²) in [5, 5.41) is 11.7. The fourth-order valence-electron chi connectivity index (χ4n) is 3.03. The number of fused-ring (bicyclic) bond motifs is 1. The molecular weight excluding hydrogens is 366 g/mol. The number of benzene rings is 2. The van der Waals surface area contributed by atoms with Crippen LogP contribution in [0.15, 0.2) is 47.4 Å². The van der Waals surface area contributed by atoms with E-state index in [1.165, 1.54) is 4.90 Å². The van der Waals surface area contributed by atoms with Gasteiger partial charge in [-0.3, -0.25) is 9.69 Å². The molecule has 2 aromatic rings. The molecule has 1 amide bonds. The van der Waals surface area contributed by atoms with Gasteiger partial charge in [0.15, 0.2) is 0 Å². The van der Waals surface area contributed by atoms with Crippen LogP contribution in [0.4, 0.5) is 0 Å². The van der Waals surface area contributed by atoms with Gasteiger partial charge in [-0.2, -0.15) is 0 Å². The van der Waals surface area contributed by atoms with Crippen LogP contribution in [0.2, 0.25) is 0 Å². The Balaban J connectivity index is 1.97. The van der Waals surface area contributed by atoms with Crippen molar-refractivity contribution in [3.05, 3.63) is 52.9 Å². The molecule has 0 radical (unpaired) electrons. The van der Waals surface area contributed by atoms with Gasteiger partial charge in [0.2, 0.25) is 0 Å². The van der Waals surface area contributed by atoms with E-state index in [2.05, 4.69) is 0 Å². The summed E-state index contributed by atoms with van der Waals surface area (Å²) < 4.78 is 0.300. The number of thiocarbonyl (C=S) groups is 1. The summed E-state index contributed by atoms with van der Waals surface area (Å²) in [4.78, 5) is 26.2. The largest absolute Gasteiger partial charge is 0.480 e. The molecule has 1 aliphatic rings. The molecule has 0 aliphatic carbocycles. The molecule has 4 nitrogen and oxygen atoms in total. The molecule has 26 heavy (non-hydrogen) atoms. The number of carbonyl (C=O) groups excluding carboxylic acids is 1. The molecular formula is C20H19NO3S2. The van der Waals surface area contributed by atoms with Gasteiger partial charge < -0.3 is 5.11 Å². The van der Waals surface area contributed by atoms with Crippen LogP contribution in [0.3, 0.4) is 0 Å². The highest BCUT2D eigenvalue weighted by atomic mass is 32.2. The fourth-order valence-corrected chi connectivity index (χ4v) is 4.38. The van der Waals surface area contributed by atoms with Gasteiger partial charge in [0, 0.05) is 0 Å². The minimum Gasteiger partial charge on any atom is -0.480 e. The van der Waals surface area contributed by atoms with Gasteiger partial charge in [0.05, 0.1) is 4.91 Å². The zero-order chi connectivity index (χ0) is 18.8. The van der Waals surface area contributed by atoms with Crippen LogP contribution in [0, 0.1) is 5.92 Å². The van der Waals surface area contributed by atoms with Crippen LogP contribution < -0.4 is 0 Å². The van der Waals surface area contributed by atoms with Crippen molar-refractivity contribution in [2.75, 3.05) is 0 Å². The van der Waals surface area contributed by atoms with Crippen LogP contribution >= 0.6 is 24.0 Å². The Morgan fingerprint density at radius 3 is 2.62 bits per heavy atom. The summed E-state index contributed by atoms with van der Waals surface area (Å²) in [6.45, 7) is 3.86. The highest BCUT2D eigenvalue weighted by molar-refractivity contribution is 8.26. The number of carbonyl (C=O) groups is 2. The van der Waals surface area contributed by atoms with Crippen LogP contribution in [-0.2, 0) is 9.59 Å². The zero-order valence-electron chi connectivity index (χ0n) is 14.5. The van der Waals surface area contributed by atoms with Crippen LogP contribution in [0.5, 0.6) is 0 Å². The van der Waals surface area contributed by atoms with Crippen molar-refractivity contribution in [2.45, 2.75) is 26.3 Å². The number of hydrogen-bond donors (Lipinski definition) is 1. The Morgan fingerprint density at radius 1 is 1.23 bits per heavy atom. The monoisotopic (exact) mass is 385 g/mol. The quantitative estimate of drug-likeness (QED) is 0.605. The van der Waals surface area contributed by atoms with Crippen molar-refractivity contribution in [3.8, 4) is 0 Å². The Labute approximate surface area is 161 Å². The van der Waals surface area contributed by atoms with Gasteiger partial charge in [-0.1, -0.05) is 80.3 Å². The van der Waals surface area contributed by atoms with E-state index in [1.54, 1.807) is 6.08 Å². The molecule has 0 spiro atoms. The second-order valence-corrected chi connectivity index (χ2v) is 8.28. The summed E-state index contributed by atoms with van der Waals surface area (Å²) in [5.74, 6) is -1.22. The summed E-state index contributed by atoms with van der Waals surface area (Å²) in [6.07, 6.45) is 2.17. The van der Waals surface area contributed by atoms with Gasteiger partial charge in [-0.15, -0.1) is 0 Å². The maximum atomic E-state index is 12.9. The number of rotatable bonds is 5. The van der Waals surface area contributed by atoms with Crippen molar-refractivity contribution < 1.29 is 14.7 Å². The molecule has 0 aromatic heterocycles. The lowest BCUT2D eigenvalue weighted by Crippen LogP contribution is -2.44. The van der Waals surface area contributed by atoms with Crippen molar-refractivity contribution in [3.63, 3.8) is 0 Å². The van der Waals surface area contributed by atoms with Crippen molar-refractivity contribution in [2.24, 2.45) is 5.92 Å². The molecule has 134 valence electrons. The SMILES string of the molecule is CC(C)CC(C(=O)O)N1C(=O)/C(=C/c2cccc3ccccc23)SC1=S. The Hall–Kier alpha value is -2.18. The minimum atomic E-state index is -1.03. The number of aliphatic carboxylic acids is 1. The normalized spacial score (nSPS) is 17.5. The van der Waals surface area contributed by atoms with Crippen LogP contribution in [0.25, 0.3) is 16.8 Å². The number of thioether (sulfide) groups is 1. The van der Waals surface area contributed by atoms with Gasteiger partial charge >= 0.3 is 5.97 Å². The van der Waals surface area contributed by atoms with Crippen molar-refractivity contribution in [1.29, 1.82) is 0 Å². The summed E-state index contributed by atoms with van der Waals surface area (Å²) >= 11 is 6.48. The second-order valence-electron chi connectivity index (χ2n) is 6.60. The number of amides is 1. The first-order valence-electron chi connectivity index (χ1n) is 8.36. The van der Waals surface area contributed by atoms with Crippen LogP contribution in [-0.4, -0.2) is 32.2 Å². The molecule has 6 heteroatoms. The van der Waals surface area contributed by atoms with Gasteiger partial charge in [0.1, 0.15) is 10.4 Å². The van der Waals surface area contributed by atoms with Crippen molar-refractivity contribution >= 4 is 57.0 Å². The summed E-state index contributed by atoms with van der Waals surface area (Å²) in [5.41, 5.74) is 0.916. The summed E-state index contributed by atoms with van der Waals surface area (Å²) in [7, 11) is 0. The first-order valence-corrected chi connectivity index (χ1v) is 9.58. The molecule has 1 saturated heterocycles. The third kappa shape index (κ3) is 3.66. The van der Waals surface area contributed by atoms with E-state index in [4.69, 9.17) is 12.2 Å². The number of hydrogen-bond acceptors (Lipinski definition) is 4. The number of carboxylic acid groups (broad SMARTS) is 1. The molecule has 1 aliphatic heterocycles. The smallest absolute Gasteiger partial charge is 0.326 e. The van der Waals surface area contributed by atoms with E-state index in [1.807, 2.05) is 56.3 Å².